The highest BCUT2D eigenvalue weighted by Gasteiger charge is 2.23. The van der Waals surface area contributed by atoms with Gasteiger partial charge >= 0.3 is 0 Å². The molecule has 1 aromatic heterocycles. The van der Waals surface area contributed by atoms with E-state index in [1.54, 1.807) is 11.8 Å². The maximum Gasteiger partial charge on any atom is 0.298 e. The summed E-state index contributed by atoms with van der Waals surface area (Å²) in [7, 11) is 0. The Labute approximate surface area is 190 Å². The van der Waals surface area contributed by atoms with Crippen molar-refractivity contribution in [3.63, 3.8) is 0 Å². The van der Waals surface area contributed by atoms with E-state index in [4.69, 9.17) is 5.73 Å². The summed E-state index contributed by atoms with van der Waals surface area (Å²) in [6.07, 6.45) is 0.676. The fourth-order valence-electron chi connectivity index (χ4n) is 4.74. The number of para-hydroxylation sites is 1. The molecule has 2 heterocycles. The van der Waals surface area contributed by atoms with Gasteiger partial charge in [-0.15, -0.1) is 0 Å². The Balaban J connectivity index is 1.70. The number of halogens is 1. The number of primary amides is 1. The molecule has 1 aliphatic heterocycles. The van der Waals surface area contributed by atoms with Gasteiger partial charge in [-0.05, 0) is 59.7 Å². The Morgan fingerprint density at radius 3 is 2.76 bits per heavy atom. The first-order chi connectivity index (χ1) is 16.0. The SMILES string of the molecule is CC#CC(=O)N1CCc2ccc(-c3c(F)cc(CC(N)=O)c4[nH]c5ccccc5c34)cc2C1. The van der Waals surface area contributed by atoms with Crippen molar-refractivity contribution in [1.82, 2.24) is 9.88 Å². The summed E-state index contributed by atoms with van der Waals surface area (Å²) in [5.74, 6) is 4.13. The molecular weight excluding hydrogens is 417 g/mol. The van der Waals surface area contributed by atoms with Crippen LogP contribution in [0.1, 0.15) is 23.6 Å². The van der Waals surface area contributed by atoms with E-state index < -0.39 is 11.7 Å². The molecule has 0 fully saturated rings. The Hall–Kier alpha value is -4.11. The molecule has 164 valence electrons. The van der Waals surface area contributed by atoms with Crippen LogP contribution in [0.2, 0.25) is 0 Å². The van der Waals surface area contributed by atoms with Gasteiger partial charge in [-0.3, -0.25) is 9.59 Å². The number of carbonyl (C=O) groups is 2. The minimum absolute atomic E-state index is 0.0553. The Morgan fingerprint density at radius 1 is 1.15 bits per heavy atom. The Bertz CT molecular complexity index is 1510. The minimum Gasteiger partial charge on any atom is -0.369 e. The molecule has 0 saturated carbocycles. The third kappa shape index (κ3) is 3.62. The summed E-state index contributed by atoms with van der Waals surface area (Å²) in [6, 6.07) is 15.0. The summed E-state index contributed by atoms with van der Waals surface area (Å²) >= 11 is 0. The van der Waals surface area contributed by atoms with Crippen molar-refractivity contribution in [2.24, 2.45) is 5.73 Å². The molecule has 0 saturated heterocycles. The van der Waals surface area contributed by atoms with Gasteiger partial charge in [0, 0.05) is 34.9 Å². The molecule has 3 aromatic carbocycles. The van der Waals surface area contributed by atoms with Crippen LogP contribution >= 0.6 is 0 Å². The van der Waals surface area contributed by atoms with E-state index in [1.807, 2.05) is 42.5 Å². The molecule has 0 atom stereocenters. The number of carbonyl (C=O) groups excluding carboxylic acids is 2. The molecule has 0 bridgehead atoms. The second-order valence-electron chi connectivity index (χ2n) is 8.29. The number of aromatic nitrogens is 1. The number of H-pyrrole nitrogens is 1. The first-order valence-electron chi connectivity index (χ1n) is 10.8. The van der Waals surface area contributed by atoms with E-state index in [9.17, 15) is 9.59 Å². The van der Waals surface area contributed by atoms with Crippen LogP contribution in [-0.4, -0.2) is 28.2 Å². The van der Waals surface area contributed by atoms with Crippen molar-refractivity contribution in [2.45, 2.75) is 26.3 Å². The first kappa shape index (κ1) is 20.8. The van der Waals surface area contributed by atoms with Crippen LogP contribution in [-0.2, 0) is 29.0 Å². The predicted molar refractivity (Wildman–Crippen MR) is 127 cm³/mol. The summed E-state index contributed by atoms with van der Waals surface area (Å²) in [4.78, 5) is 29.0. The summed E-state index contributed by atoms with van der Waals surface area (Å²) in [5.41, 5.74) is 10.8. The van der Waals surface area contributed by atoms with Gasteiger partial charge in [0.05, 0.1) is 11.9 Å². The number of nitrogens with two attached hydrogens (primary N) is 1. The van der Waals surface area contributed by atoms with Crippen LogP contribution in [0.25, 0.3) is 32.9 Å². The van der Waals surface area contributed by atoms with Crippen LogP contribution in [0, 0.1) is 17.7 Å². The third-order valence-corrected chi connectivity index (χ3v) is 6.21. The van der Waals surface area contributed by atoms with E-state index >= 15 is 4.39 Å². The lowest BCUT2D eigenvalue weighted by molar-refractivity contribution is -0.126. The van der Waals surface area contributed by atoms with Crippen LogP contribution in [0.5, 0.6) is 0 Å². The number of aromatic amines is 1. The molecule has 0 unspecified atom stereocenters. The second-order valence-corrected chi connectivity index (χ2v) is 8.29. The molecule has 33 heavy (non-hydrogen) atoms. The van der Waals surface area contributed by atoms with Gasteiger partial charge in [-0.2, -0.15) is 0 Å². The van der Waals surface area contributed by atoms with Crippen molar-refractivity contribution < 1.29 is 14.0 Å². The lowest BCUT2D eigenvalue weighted by Crippen LogP contribution is -2.35. The fraction of sp³-hybridized carbons (Fsp3) is 0.185. The smallest absolute Gasteiger partial charge is 0.298 e. The maximum atomic E-state index is 15.6. The highest BCUT2D eigenvalue weighted by molar-refractivity contribution is 6.15. The summed E-state index contributed by atoms with van der Waals surface area (Å²) in [6.45, 7) is 2.70. The normalized spacial score (nSPS) is 13.0. The average Bonchev–Trinajstić information content (AvgIpc) is 3.18. The van der Waals surface area contributed by atoms with E-state index in [0.29, 0.717) is 29.7 Å². The first-order valence-corrected chi connectivity index (χ1v) is 10.8. The number of nitrogens with one attached hydrogen (secondary N) is 1. The standard InChI is InChI=1S/C27H22FN3O2/c1-2-5-24(33)31-11-10-16-8-9-17(12-19(16)15-31)25-21(28)13-18(14-23(29)32)27-26(25)20-6-3-4-7-22(20)30-27/h3-4,6-9,12-13,30H,10-11,14-15H2,1H3,(H2,29,32). The van der Waals surface area contributed by atoms with Crippen LogP contribution in [0.3, 0.4) is 0 Å². The molecule has 6 heteroatoms. The van der Waals surface area contributed by atoms with Crippen molar-refractivity contribution in [1.29, 1.82) is 0 Å². The van der Waals surface area contributed by atoms with E-state index in [-0.39, 0.29) is 12.3 Å². The molecule has 5 nitrogen and oxygen atoms in total. The highest BCUT2D eigenvalue weighted by atomic mass is 19.1. The number of fused-ring (bicyclic) bond motifs is 4. The third-order valence-electron chi connectivity index (χ3n) is 6.21. The molecular formula is C27H22FN3O2. The van der Waals surface area contributed by atoms with Crippen LogP contribution in [0.4, 0.5) is 4.39 Å². The van der Waals surface area contributed by atoms with Crippen molar-refractivity contribution >= 4 is 33.6 Å². The number of rotatable bonds is 3. The lowest BCUT2D eigenvalue weighted by Gasteiger charge is -2.27. The molecule has 0 aliphatic carbocycles. The monoisotopic (exact) mass is 439 g/mol. The van der Waals surface area contributed by atoms with Crippen LogP contribution in [0.15, 0.2) is 48.5 Å². The highest BCUT2D eigenvalue weighted by Crippen LogP contribution is 2.39. The van der Waals surface area contributed by atoms with Gasteiger partial charge in [0.25, 0.3) is 5.91 Å². The minimum atomic E-state index is -0.518. The second kappa shape index (κ2) is 8.10. The van der Waals surface area contributed by atoms with Gasteiger partial charge < -0.3 is 15.6 Å². The zero-order chi connectivity index (χ0) is 23.1. The van der Waals surface area contributed by atoms with Gasteiger partial charge in [0.1, 0.15) is 5.82 Å². The van der Waals surface area contributed by atoms with Gasteiger partial charge in [0.2, 0.25) is 5.91 Å². The zero-order valence-electron chi connectivity index (χ0n) is 18.2. The lowest BCUT2D eigenvalue weighted by atomic mass is 9.91. The van der Waals surface area contributed by atoms with Gasteiger partial charge in [-0.1, -0.05) is 36.3 Å². The molecule has 3 N–H and O–H groups in total. The molecule has 1 aliphatic rings. The molecule has 0 spiro atoms. The number of hydrogen-bond donors (Lipinski definition) is 2. The average molecular weight is 439 g/mol. The van der Waals surface area contributed by atoms with E-state index in [2.05, 4.69) is 16.8 Å². The molecule has 0 radical (unpaired) electrons. The topological polar surface area (TPSA) is 79.2 Å². The largest absolute Gasteiger partial charge is 0.369 e. The van der Waals surface area contributed by atoms with Crippen molar-refractivity contribution in [3.05, 3.63) is 71.0 Å². The van der Waals surface area contributed by atoms with E-state index in [1.165, 1.54) is 6.07 Å². The zero-order valence-corrected chi connectivity index (χ0v) is 18.2. The quantitative estimate of drug-likeness (QED) is 0.472. The summed E-state index contributed by atoms with van der Waals surface area (Å²) < 4.78 is 15.6. The maximum absolute atomic E-state index is 15.6. The van der Waals surface area contributed by atoms with E-state index in [0.717, 1.165) is 39.4 Å². The molecule has 4 aromatic rings. The predicted octanol–water partition coefficient (Wildman–Crippen LogP) is 4.06. The summed E-state index contributed by atoms with van der Waals surface area (Å²) in [5, 5.41) is 1.60. The Morgan fingerprint density at radius 2 is 1.97 bits per heavy atom. The van der Waals surface area contributed by atoms with Crippen LogP contribution < -0.4 is 5.73 Å². The van der Waals surface area contributed by atoms with Crippen molar-refractivity contribution in [2.75, 3.05) is 6.54 Å². The molecule has 2 amide bonds. The number of hydrogen-bond acceptors (Lipinski definition) is 2. The fourth-order valence-corrected chi connectivity index (χ4v) is 4.74. The number of nitrogens with zero attached hydrogens (tertiary/aromatic N) is 1. The van der Waals surface area contributed by atoms with Gasteiger partial charge in [-0.25, -0.2) is 4.39 Å². The van der Waals surface area contributed by atoms with Crippen molar-refractivity contribution in [3.8, 4) is 23.0 Å². The molecule has 5 rings (SSSR count). The number of amides is 2. The Kier molecular flexibility index (Phi) is 5.10. The van der Waals surface area contributed by atoms with Gasteiger partial charge in [0.15, 0.2) is 0 Å². The number of benzene rings is 3.